The average molecular weight is 216 g/mol. The monoisotopic (exact) mass is 216 g/mol. The van der Waals surface area contributed by atoms with Crippen molar-refractivity contribution in [1.82, 2.24) is 4.98 Å². The van der Waals surface area contributed by atoms with Crippen LogP contribution in [0.4, 0.5) is 10.1 Å². The van der Waals surface area contributed by atoms with Gasteiger partial charge in [0.15, 0.2) is 0 Å². The number of nitrogens with two attached hydrogens (primary N) is 1. The molecule has 1 aromatic heterocycles. The van der Waals surface area contributed by atoms with E-state index in [-0.39, 0.29) is 11.6 Å². The minimum Gasteiger partial charge on any atom is -0.397 e. The number of pyridine rings is 1. The zero-order chi connectivity index (χ0) is 11.5. The van der Waals surface area contributed by atoms with Crippen LogP contribution in [0.3, 0.4) is 0 Å². The number of hydrogen-bond acceptors (Lipinski definition) is 3. The smallest absolute Gasteiger partial charge is 0.211 e. The van der Waals surface area contributed by atoms with E-state index in [9.17, 15) is 9.18 Å². The molecule has 1 heterocycles. The van der Waals surface area contributed by atoms with Gasteiger partial charge in [0.25, 0.3) is 0 Å². The fourth-order valence-electron chi connectivity index (χ4n) is 1.29. The van der Waals surface area contributed by atoms with Crippen molar-refractivity contribution in [2.24, 2.45) is 0 Å². The Morgan fingerprint density at radius 3 is 2.38 bits per heavy atom. The molecule has 0 fully saturated rings. The van der Waals surface area contributed by atoms with Crippen molar-refractivity contribution in [3.63, 3.8) is 0 Å². The Hall–Kier alpha value is -2.23. The van der Waals surface area contributed by atoms with Gasteiger partial charge in [-0.25, -0.2) is 4.39 Å². The summed E-state index contributed by atoms with van der Waals surface area (Å²) >= 11 is 0. The predicted molar refractivity (Wildman–Crippen MR) is 58.5 cm³/mol. The van der Waals surface area contributed by atoms with Gasteiger partial charge in [-0.05, 0) is 36.4 Å². The second-order valence-electron chi connectivity index (χ2n) is 3.31. The zero-order valence-electron chi connectivity index (χ0n) is 8.35. The lowest BCUT2D eigenvalue weighted by Gasteiger charge is -2.00. The summed E-state index contributed by atoms with van der Waals surface area (Å²) in [5.41, 5.74) is 6.65. The van der Waals surface area contributed by atoms with Crippen molar-refractivity contribution in [3.05, 3.63) is 59.7 Å². The summed E-state index contributed by atoms with van der Waals surface area (Å²) in [5, 5.41) is 0. The quantitative estimate of drug-likeness (QED) is 0.781. The van der Waals surface area contributed by atoms with Crippen LogP contribution in [-0.2, 0) is 0 Å². The molecule has 80 valence electrons. The normalized spacial score (nSPS) is 10.1. The lowest BCUT2D eigenvalue weighted by atomic mass is 10.1. The van der Waals surface area contributed by atoms with Crippen molar-refractivity contribution in [2.75, 3.05) is 5.73 Å². The first-order valence-electron chi connectivity index (χ1n) is 4.68. The van der Waals surface area contributed by atoms with Crippen LogP contribution in [-0.4, -0.2) is 10.8 Å². The molecule has 0 aliphatic rings. The highest BCUT2D eigenvalue weighted by Crippen LogP contribution is 2.10. The van der Waals surface area contributed by atoms with Crippen molar-refractivity contribution in [1.29, 1.82) is 0 Å². The molecule has 0 bridgehead atoms. The molecule has 4 heteroatoms. The molecule has 0 spiro atoms. The molecule has 0 saturated heterocycles. The Labute approximate surface area is 91.7 Å². The summed E-state index contributed by atoms with van der Waals surface area (Å²) in [6, 6.07) is 8.48. The number of hydrogen-bond donors (Lipinski definition) is 1. The standard InChI is InChI=1S/C12H9FN2O/c13-9-3-1-8(2-4-9)12(16)11-6-5-10(14)7-15-11/h1-7H,14H2. The van der Waals surface area contributed by atoms with Crippen molar-refractivity contribution < 1.29 is 9.18 Å². The minimum atomic E-state index is -0.373. The Balaban J connectivity index is 2.32. The lowest BCUT2D eigenvalue weighted by molar-refractivity contribution is 0.103. The van der Waals surface area contributed by atoms with Gasteiger partial charge in [-0.15, -0.1) is 0 Å². The molecule has 0 aliphatic carbocycles. The van der Waals surface area contributed by atoms with Gasteiger partial charge in [0.05, 0.1) is 11.9 Å². The molecule has 0 aliphatic heterocycles. The minimum absolute atomic E-state index is 0.250. The van der Waals surface area contributed by atoms with Crippen LogP contribution >= 0.6 is 0 Å². The predicted octanol–water partition coefficient (Wildman–Crippen LogP) is 2.03. The van der Waals surface area contributed by atoms with E-state index in [2.05, 4.69) is 4.98 Å². The van der Waals surface area contributed by atoms with Crippen molar-refractivity contribution in [3.8, 4) is 0 Å². The fraction of sp³-hybridized carbons (Fsp3) is 0. The highest BCUT2D eigenvalue weighted by molar-refractivity contribution is 6.07. The lowest BCUT2D eigenvalue weighted by Crippen LogP contribution is -2.04. The van der Waals surface area contributed by atoms with Crippen LogP contribution in [0, 0.1) is 5.82 Å². The number of ketones is 1. The second-order valence-corrected chi connectivity index (χ2v) is 3.31. The Morgan fingerprint density at radius 2 is 1.81 bits per heavy atom. The first-order valence-corrected chi connectivity index (χ1v) is 4.68. The van der Waals surface area contributed by atoms with Crippen LogP contribution in [0.2, 0.25) is 0 Å². The van der Waals surface area contributed by atoms with Crippen LogP contribution in [0.15, 0.2) is 42.6 Å². The van der Waals surface area contributed by atoms with Gasteiger partial charge in [0, 0.05) is 5.56 Å². The number of carbonyl (C=O) groups is 1. The molecule has 2 rings (SSSR count). The molecular weight excluding hydrogens is 207 g/mol. The first kappa shape index (κ1) is 10.3. The van der Waals surface area contributed by atoms with Gasteiger partial charge in [-0.1, -0.05) is 0 Å². The first-order chi connectivity index (χ1) is 7.66. The number of nitrogen functional groups attached to an aromatic ring is 1. The molecule has 16 heavy (non-hydrogen) atoms. The van der Waals surface area contributed by atoms with E-state index in [4.69, 9.17) is 5.73 Å². The summed E-state index contributed by atoms with van der Waals surface area (Å²) in [6.45, 7) is 0. The molecule has 0 atom stereocenters. The van der Waals surface area contributed by atoms with Gasteiger partial charge in [-0.2, -0.15) is 0 Å². The highest BCUT2D eigenvalue weighted by atomic mass is 19.1. The van der Waals surface area contributed by atoms with Gasteiger partial charge < -0.3 is 5.73 Å². The molecule has 2 aromatic rings. The van der Waals surface area contributed by atoms with E-state index < -0.39 is 0 Å². The number of aromatic nitrogens is 1. The fourth-order valence-corrected chi connectivity index (χ4v) is 1.29. The number of nitrogens with zero attached hydrogens (tertiary/aromatic N) is 1. The summed E-state index contributed by atoms with van der Waals surface area (Å²) in [4.78, 5) is 15.8. The number of benzene rings is 1. The second kappa shape index (κ2) is 4.10. The van der Waals surface area contributed by atoms with E-state index in [1.165, 1.54) is 30.5 Å². The summed E-state index contributed by atoms with van der Waals surface area (Å²) in [7, 11) is 0. The topological polar surface area (TPSA) is 56.0 Å². The number of anilines is 1. The molecule has 0 unspecified atom stereocenters. The molecule has 2 N–H and O–H groups in total. The maximum Gasteiger partial charge on any atom is 0.211 e. The molecule has 0 amide bonds. The summed E-state index contributed by atoms with van der Waals surface area (Å²) in [5.74, 6) is -0.623. The molecular formula is C12H9FN2O. The third-order valence-electron chi connectivity index (χ3n) is 2.13. The summed E-state index contributed by atoms with van der Waals surface area (Å²) in [6.07, 6.45) is 1.41. The van der Waals surface area contributed by atoms with Crippen molar-refractivity contribution >= 4 is 11.5 Å². The van der Waals surface area contributed by atoms with Crippen LogP contribution in [0.1, 0.15) is 16.1 Å². The molecule has 1 aromatic carbocycles. The van der Waals surface area contributed by atoms with E-state index in [1.807, 2.05) is 0 Å². The highest BCUT2D eigenvalue weighted by Gasteiger charge is 2.09. The Bertz CT molecular complexity index is 458. The third kappa shape index (κ3) is 2.06. The Morgan fingerprint density at radius 1 is 1.12 bits per heavy atom. The van der Waals surface area contributed by atoms with E-state index in [0.717, 1.165) is 0 Å². The molecule has 0 saturated carbocycles. The van der Waals surface area contributed by atoms with Gasteiger partial charge >= 0.3 is 0 Å². The van der Waals surface area contributed by atoms with E-state index in [1.54, 1.807) is 12.1 Å². The van der Waals surface area contributed by atoms with Gasteiger partial charge in [-0.3, -0.25) is 9.78 Å². The van der Waals surface area contributed by atoms with E-state index in [0.29, 0.717) is 16.9 Å². The third-order valence-corrected chi connectivity index (χ3v) is 2.13. The maximum absolute atomic E-state index is 12.7. The van der Waals surface area contributed by atoms with Gasteiger partial charge in [0.2, 0.25) is 5.78 Å². The zero-order valence-corrected chi connectivity index (χ0v) is 8.35. The van der Waals surface area contributed by atoms with Crippen molar-refractivity contribution in [2.45, 2.75) is 0 Å². The molecule has 0 radical (unpaired) electrons. The largest absolute Gasteiger partial charge is 0.397 e. The summed E-state index contributed by atoms with van der Waals surface area (Å²) < 4.78 is 12.7. The Kier molecular flexibility index (Phi) is 2.64. The number of carbonyl (C=O) groups excluding carboxylic acids is 1. The van der Waals surface area contributed by atoms with Gasteiger partial charge in [0.1, 0.15) is 11.5 Å². The number of rotatable bonds is 2. The van der Waals surface area contributed by atoms with Crippen LogP contribution in [0.5, 0.6) is 0 Å². The SMILES string of the molecule is Nc1ccc(C(=O)c2ccc(F)cc2)nc1. The molecule has 3 nitrogen and oxygen atoms in total. The van der Waals surface area contributed by atoms with Crippen LogP contribution in [0.25, 0.3) is 0 Å². The number of halogens is 1. The van der Waals surface area contributed by atoms with Crippen LogP contribution < -0.4 is 5.73 Å². The van der Waals surface area contributed by atoms with E-state index >= 15 is 0 Å². The average Bonchev–Trinajstić information content (AvgIpc) is 2.30. The maximum atomic E-state index is 12.7.